The van der Waals surface area contributed by atoms with Gasteiger partial charge in [0.2, 0.25) is 0 Å². The van der Waals surface area contributed by atoms with Gasteiger partial charge in [0, 0.05) is 11.6 Å². The van der Waals surface area contributed by atoms with Crippen LogP contribution in [0.4, 0.5) is 13.2 Å². The molecule has 10 heteroatoms. The number of aromatic nitrogens is 1. The summed E-state index contributed by atoms with van der Waals surface area (Å²) >= 11 is 0. The first kappa shape index (κ1) is 19.3. The van der Waals surface area contributed by atoms with Crippen molar-refractivity contribution in [2.24, 2.45) is 7.05 Å². The molecule has 1 aromatic heterocycles. The maximum absolute atomic E-state index is 11.4. The standard InChI is InChI=1S/C10H14NO2.CHF3O3S/c1-4-13-10(12)9-8(2)6-5-7-11(9)3;2-1(3,4)8(5,6)7/h5-7H,4H2,1-3H3;(H,5,6,7)/q+1;/p-1. The maximum Gasteiger partial charge on any atom is 0.485 e. The summed E-state index contributed by atoms with van der Waals surface area (Å²) in [6.07, 6.45) is 1.83. The Kier molecular flexibility index (Phi) is 6.77. The molecule has 1 aromatic rings. The smallest absolute Gasteiger partial charge is 0.485 e. The summed E-state index contributed by atoms with van der Waals surface area (Å²) in [6.45, 7) is 4.11. The van der Waals surface area contributed by atoms with Crippen molar-refractivity contribution in [1.82, 2.24) is 0 Å². The minimum atomic E-state index is -6.09. The summed E-state index contributed by atoms with van der Waals surface area (Å²) in [5.74, 6) is -0.261. The largest absolute Gasteiger partial charge is 0.741 e. The Labute approximate surface area is 119 Å². The molecule has 0 aliphatic heterocycles. The summed E-state index contributed by atoms with van der Waals surface area (Å²) in [4.78, 5) is 11.4. The van der Waals surface area contributed by atoms with Gasteiger partial charge in [-0.3, -0.25) is 0 Å². The lowest BCUT2D eigenvalue weighted by Crippen LogP contribution is -2.37. The van der Waals surface area contributed by atoms with E-state index in [9.17, 15) is 18.0 Å². The fourth-order valence-electron chi connectivity index (χ4n) is 1.25. The third kappa shape index (κ3) is 6.08. The molecule has 0 aliphatic rings. The Bertz CT molecular complexity index is 578. The Morgan fingerprint density at radius 3 is 2.24 bits per heavy atom. The molecule has 0 radical (unpaired) electrons. The molecule has 0 bridgehead atoms. The lowest BCUT2D eigenvalue weighted by atomic mass is 10.2. The summed E-state index contributed by atoms with van der Waals surface area (Å²) in [5.41, 5.74) is -4.10. The van der Waals surface area contributed by atoms with E-state index in [0.29, 0.717) is 12.3 Å². The average Bonchev–Trinajstić information content (AvgIpc) is 2.27. The van der Waals surface area contributed by atoms with Crippen molar-refractivity contribution in [3.63, 3.8) is 0 Å². The van der Waals surface area contributed by atoms with Crippen LogP contribution in [0, 0.1) is 6.92 Å². The van der Waals surface area contributed by atoms with Crippen LogP contribution in [-0.2, 0) is 21.9 Å². The van der Waals surface area contributed by atoms with Crippen LogP contribution < -0.4 is 4.57 Å². The predicted molar refractivity (Wildman–Crippen MR) is 64.1 cm³/mol. The summed E-state index contributed by atoms with van der Waals surface area (Å²) in [6, 6.07) is 3.80. The highest BCUT2D eigenvalue weighted by Gasteiger charge is 2.36. The van der Waals surface area contributed by atoms with Gasteiger partial charge in [0.15, 0.2) is 16.3 Å². The van der Waals surface area contributed by atoms with E-state index in [1.165, 1.54) is 0 Å². The van der Waals surface area contributed by atoms with Crippen molar-refractivity contribution in [2.75, 3.05) is 6.61 Å². The molecule has 21 heavy (non-hydrogen) atoms. The Morgan fingerprint density at radius 2 is 1.90 bits per heavy atom. The lowest BCUT2D eigenvalue weighted by molar-refractivity contribution is -0.674. The summed E-state index contributed by atoms with van der Waals surface area (Å²) in [5, 5.41) is 0. The number of esters is 1. The molecule has 0 aliphatic carbocycles. The van der Waals surface area contributed by atoms with Gasteiger partial charge >= 0.3 is 11.5 Å². The molecule has 1 heterocycles. The van der Waals surface area contributed by atoms with E-state index in [4.69, 9.17) is 17.7 Å². The number of rotatable bonds is 2. The molecule has 0 amide bonds. The minimum Gasteiger partial charge on any atom is -0.741 e. The molecular formula is C11H14F3NO5S. The molecule has 0 atom stereocenters. The van der Waals surface area contributed by atoms with E-state index >= 15 is 0 Å². The Morgan fingerprint density at radius 1 is 1.43 bits per heavy atom. The number of carbonyl (C=O) groups is 1. The van der Waals surface area contributed by atoms with Gasteiger partial charge in [-0.15, -0.1) is 0 Å². The predicted octanol–water partition coefficient (Wildman–Crippen LogP) is 1.05. The van der Waals surface area contributed by atoms with E-state index in [1.807, 2.05) is 32.3 Å². The quantitative estimate of drug-likeness (QED) is 0.350. The third-order valence-corrected chi connectivity index (χ3v) is 2.70. The first-order valence-corrected chi connectivity index (χ1v) is 6.97. The van der Waals surface area contributed by atoms with Gasteiger partial charge in [0.25, 0.3) is 5.69 Å². The number of pyridine rings is 1. The van der Waals surface area contributed by atoms with Crippen LogP contribution in [0.25, 0.3) is 0 Å². The topological polar surface area (TPSA) is 87.4 Å². The molecule has 0 fully saturated rings. The van der Waals surface area contributed by atoms with Crippen LogP contribution >= 0.6 is 0 Å². The first-order valence-electron chi connectivity index (χ1n) is 5.56. The number of ether oxygens (including phenoxy) is 1. The summed E-state index contributed by atoms with van der Waals surface area (Å²) < 4.78 is 65.6. The number of alkyl halides is 3. The zero-order valence-corrected chi connectivity index (χ0v) is 12.3. The number of carbonyl (C=O) groups excluding carboxylic acids is 1. The van der Waals surface area contributed by atoms with Crippen molar-refractivity contribution in [3.8, 4) is 0 Å². The van der Waals surface area contributed by atoms with Gasteiger partial charge in [0.1, 0.15) is 7.05 Å². The summed E-state index contributed by atoms with van der Waals surface area (Å²) in [7, 11) is -4.26. The normalized spacial score (nSPS) is 11.4. The van der Waals surface area contributed by atoms with Gasteiger partial charge in [-0.05, 0) is 19.9 Å². The molecule has 1 rings (SSSR count). The molecule has 0 N–H and O–H groups in total. The van der Waals surface area contributed by atoms with Crippen molar-refractivity contribution in [1.29, 1.82) is 0 Å². The van der Waals surface area contributed by atoms with Gasteiger partial charge in [-0.1, -0.05) is 0 Å². The van der Waals surface area contributed by atoms with E-state index in [2.05, 4.69) is 0 Å². The minimum absolute atomic E-state index is 0.261. The number of hydrogen-bond acceptors (Lipinski definition) is 5. The molecule has 0 saturated heterocycles. The van der Waals surface area contributed by atoms with Gasteiger partial charge in [-0.25, -0.2) is 13.2 Å². The van der Waals surface area contributed by atoms with Crippen molar-refractivity contribution >= 4 is 16.1 Å². The monoisotopic (exact) mass is 329 g/mol. The van der Waals surface area contributed by atoms with Crippen molar-refractivity contribution in [3.05, 3.63) is 29.6 Å². The SMILES string of the molecule is CCOC(=O)c1c(C)ccc[n+]1C.O=S(=O)([O-])C(F)(F)F. The van der Waals surface area contributed by atoms with E-state index in [0.717, 1.165) is 5.56 Å². The number of hydrogen-bond donors (Lipinski definition) is 0. The molecular weight excluding hydrogens is 315 g/mol. The van der Waals surface area contributed by atoms with E-state index in [-0.39, 0.29) is 5.97 Å². The van der Waals surface area contributed by atoms with Crippen molar-refractivity contribution in [2.45, 2.75) is 19.4 Å². The highest BCUT2D eigenvalue weighted by molar-refractivity contribution is 7.86. The van der Waals surface area contributed by atoms with Crippen LogP contribution in [0.5, 0.6) is 0 Å². The lowest BCUT2D eigenvalue weighted by Gasteiger charge is -2.08. The fraction of sp³-hybridized carbons (Fsp3) is 0.455. The van der Waals surface area contributed by atoms with Crippen molar-refractivity contribution < 1.29 is 40.2 Å². The second-order valence-electron chi connectivity index (χ2n) is 3.77. The first-order chi connectivity index (χ1) is 9.41. The second kappa shape index (κ2) is 7.36. The molecule has 0 saturated carbocycles. The third-order valence-electron chi connectivity index (χ3n) is 2.13. The Balaban J connectivity index is 0.000000433. The molecule has 0 aromatic carbocycles. The van der Waals surface area contributed by atoms with Crippen LogP contribution in [-0.4, -0.2) is 31.1 Å². The number of nitrogens with zero attached hydrogens (tertiary/aromatic N) is 1. The fourth-order valence-corrected chi connectivity index (χ4v) is 1.25. The average molecular weight is 329 g/mol. The van der Waals surface area contributed by atoms with Gasteiger partial charge < -0.3 is 9.29 Å². The van der Waals surface area contributed by atoms with Crippen LogP contribution in [0.15, 0.2) is 18.3 Å². The molecule has 120 valence electrons. The van der Waals surface area contributed by atoms with E-state index in [1.54, 1.807) is 11.5 Å². The van der Waals surface area contributed by atoms with Crippen LogP contribution in [0.1, 0.15) is 23.0 Å². The maximum atomic E-state index is 11.4. The highest BCUT2D eigenvalue weighted by atomic mass is 32.2. The zero-order valence-electron chi connectivity index (χ0n) is 11.5. The second-order valence-corrected chi connectivity index (χ2v) is 5.14. The highest BCUT2D eigenvalue weighted by Crippen LogP contribution is 2.20. The zero-order chi connectivity index (χ0) is 16.8. The molecule has 0 spiro atoms. The Hall–Kier alpha value is -1.68. The number of aryl methyl sites for hydroxylation is 2. The number of halogens is 3. The van der Waals surface area contributed by atoms with Gasteiger partial charge in [-0.2, -0.15) is 17.7 Å². The van der Waals surface area contributed by atoms with E-state index < -0.39 is 15.6 Å². The molecule has 0 unspecified atom stereocenters. The van der Waals surface area contributed by atoms with Gasteiger partial charge in [0.05, 0.1) is 6.61 Å². The van der Waals surface area contributed by atoms with Crippen LogP contribution in [0.2, 0.25) is 0 Å². The van der Waals surface area contributed by atoms with Crippen LogP contribution in [0.3, 0.4) is 0 Å². The molecule has 6 nitrogen and oxygen atoms in total.